The van der Waals surface area contributed by atoms with Gasteiger partial charge in [-0.3, -0.25) is 0 Å². The quantitative estimate of drug-likeness (QED) is 0.365. The van der Waals surface area contributed by atoms with Crippen molar-refractivity contribution in [2.75, 3.05) is 0 Å². The van der Waals surface area contributed by atoms with Crippen LogP contribution in [0, 0.1) is 12.7 Å². The molecule has 1 aromatic heterocycles. The van der Waals surface area contributed by atoms with E-state index in [1.807, 2.05) is 6.92 Å². The molecule has 0 spiro atoms. The number of unbranched alkanes of at least 4 members (excludes halogenated alkanes) is 1. The largest absolute Gasteiger partial charge is 0.221 e. The summed E-state index contributed by atoms with van der Waals surface area (Å²) in [5, 5.41) is 2.66. The summed E-state index contributed by atoms with van der Waals surface area (Å²) in [6, 6.07) is 9.26. The fourth-order valence-corrected chi connectivity index (χ4v) is 6.62. The van der Waals surface area contributed by atoms with E-state index >= 15 is 4.39 Å². The lowest BCUT2D eigenvalue weighted by Crippen LogP contribution is -2.39. The molecule has 3 aromatic rings. The van der Waals surface area contributed by atoms with E-state index in [1.54, 1.807) is 0 Å². The Labute approximate surface area is 192 Å². The molecule has 1 aliphatic carbocycles. The van der Waals surface area contributed by atoms with E-state index in [4.69, 9.17) is 0 Å². The lowest BCUT2D eigenvalue weighted by Gasteiger charge is -2.38. The highest BCUT2D eigenvalue weighted by molar-refractivity contribution is 6.01. The Balaban J connectivity index is 1.97. The Morgan fingerprint density at radius 1 is 1.03 bits per heavy atom. The SMILES string of the molecule is CCCCc1cc2c3c4[n+](ccc3c1)CCC(CC)(CC)c1cc(C)c(F)c(c1-4)C2(C)C. The van der Waals surface area contributed by atoms with Gasteiger partial charge < -0.3 is 0 Å². The summed E-state index contributed by atoms with van der Waals surface area (Å²) in [5.74, 6) is -0.00933. The summed E-state index contributed by atoms with van der Waals surface area (Å²) < 4.78 is 18.5. The average Bonchev–Trinajstić information content (AvgIpc) is 2.92. The highest BCUT2D eigenvalue weighted by atomic mass is 19.1. The fraction of sp³-hybridized carbons (Fsp3) is 0.500. The number of pyridine rings is 1. The van der Waals surface area contributed by atoms with Crippen LogP contribution >= 0.6 is 0 Å². The molecular weight excluding hydrogens is 393 g/mol. The minimum Gasteiger partial charge on any atom is -0.206 e. The Morgan fingerprint density at radius 2 is 1.78 bits per heavy atom. The third kappa shape index (κ3) is 2.77. The van der Waals surface area contributed by atoms with Gasteiger partial charge in [0.15, 0.2) is 6.20 Å². The van der Waals surface area contributed by atoms with E-state index in [1.165, 1.54) is 51.6 Å². The van der Waals surface area contributed by atoms with Crippen LogP contribution in [0.4, 0.5) is 4.39 Å². The first-order valence-corrected chi connectivity index (χ1v) is 12.6. The van der Waals surface area contributed by atoms with Crippen LogP contribution in [-0.4, -0.2) is 0 Å². The molecule has 1 nitrogen and oxygen atoms in total. The normalized spacial score (nSPS) is 17.5. The van der Waals surface area contributed by atoms with Gasteiger partial charge in [-0.15, -0.1) is 0 Å². The summed E-state index contributed by atoms with van der Waals surface area (Å²) in [4.78, 5) is 0. The maximum atomic E-state index is 16.1. The Hall–Kier alpha value is -2.22. The van der Waals surface area contributed by atoms with E-state index in [0.29, 0.717) is 0 Å². The van der Waals surface area contributed by atoms with Crippen molar-refractivity contribution in [1.29, 1.82) is 0 Å². The van der Waals surface area contributed by atoms with Crippen molar-refractivity contribution >= 4 is 10.8 Å². The molecule has 5 rings (SSSR count). The standard InChI is InChI=1S/C30H37FN/c1-7-10-11-20-17-21-12-14-32-15-13-30(8-2,9-3)23-16-19(4)27(31)26-25(23)28(32)24(21)22(18-20)29(26,5)6/h12,14,16-18H,7-11,13,15H2,1-6H3/q+1. The molecule has 0 saturated heterocycles. The van der Waals surface area contributed by atoms with Gasteiger partial charge >= 0.3 is 0 Å². The van der Waals surface area contributed by atoms with E-state index in [2.05, 4.69) is 69.6 Å². The van der Waals surface area contributed by atoms with E-state index in [-0.39, 0.29) is 16.6 Å². The van der Waals surface area contributed by atoms with Crippen molar-refractivity contribution in [1.82, 2.24) is 0 Å². The molecule has 2 aromatic carbocycles. The lowest BCUT2D eigenvalue weighted by molar-refractivity contribution is -0.685. The molecule has 0 unspecified atom stereocenters. The van der Waals surface area contributed by atoms with Gasteiger partial charge in [-0.1, -0.05) is 59.2 Å². The van der Waals surface area contributed by atoms with Crippen molar-refractivity contribution in [2.24, 2.45) is 0 Å². The number of aryl methyl sites for hydroxylation is 3. The second-order valence-electron chi connectivity index (χ2n) is 10.7. The van der Waals surface area contributed by atoms with Crippen LogP contribution in [0.2, 0.25) is 0 Å². The fourth-order valence-electron chi connectivity index (χ4n) is 6.62. The molecule has 168 valence electrons. The Morgan fingerprint density at radius 3 is 2.47 bits per heavy atom. The lowest BCUT2D eigenvalue weighted by atomic mass is 9.63. The minimum atomic E-state index is -0.371. The highest BCUT2D eigenvalue weighted by Gasteiger charge is 2.47. The van der Waals surface area contributed by atoms with E-state index in [0.717, 1.165) is 43.4 Å². The Kier molecular flexibility index (Phi) is 5.00. The van der Waals surface area contributed by atoms with Crippen LogP contribution in [0.1, 0.15) is 94.5 Å². The Bertz CT molecular complexity index is 1230. The molecule has 1 aliphatic heterocycles. The molecule has 2 heterocycles. The zero-order chi connectivity index (χ0) is 22.8. The van der Waals surface area contributed by atoms with Crippen molar-refractivity contribution in [3.8, 4) is 11.3 Å². The third-order valence-corrected chi connectivity index (χ3v) is 8.74. The molecule has 0 N–H and O–H groups in total. The molecule has 32 heavy (non-hydrogen) atoms. The number of hydrogen-bond donors (Lipinski definition) is 0. The number of rotatable bonds is 5. The minimum absolute atomic E-state index is 0.00933. The van der Waals surface area contributed by atoms with Crippen molar-refractivity contribution in [2.45, 2.75) is 97.4 Å². The molecular formula is C30H37FN+. The maximum Gasteiger partial charge on any atom is 0.221 e. The topological polar surface area (TPSA) is 3.88 Å². The van der Waals surface area contributed by atoms with Gasteiger partial charge in [0.25, 0.3) is 0 Å². The monoisotopic (exact) mass is 430 g/mol. The predicted octanol–water partition coefficient (Wildman–Crippen LogP) is 7.69. The van der Waals surface area contributed by atoms with Crippen LogP contribution in [0.5, 0.6) is 0 Å². The summed E-state index contributed by atoms with van der Waals surface area (Å²) in [6.07, 6.45) is 9.00. The van der Waals surface area contributed by atoms with Gasteiger partial charge in [-0.05, 0) is 60.2 Å². The van der Waals surface area contributed by atoms with Crippen molar-refractivity contribution in [3.05, 3.63) is 64.1 Å². The summed E-state index contributed by atoms with van der Waals surface area (Å²) in [7, 11) is 0. The molecule has 0 atom stereocenters. The van der Waals surface area contributed by atoms with Crippen LogP contribution in [0.15, 0.2) is 30.5 Å². The second kappa shape index (κ2) is 7.40. The molecule has 2 heteroatoms. The van der Waals surface area contributed by atoms with Gasteiger partial charge in [-0.25, -0.2) is 4.39 Å². The summed E-state index contributed by atoms with van der Waals surface area (Å²) in [6.45, 7) is 14.3. The highest BCUT2D eigenvalue weighted by Crippen LogP contribution is 2.54. The van der Waals surface area contributed by atoms with Gasteiger partial charge in [0.2, 0.25) is 5.69 Å². The first-order valence-electron chi connectivity index (χ1n) is 12.6. The number of aromatic nitrogens is 1. The number of nitrogens with zero attached hydrogens (tertiary/aromatic N) is 1. The van der Waals surface area contributed by atoms with E-state index < -0.39 is 0 Å². The van der Waals surface area contributed by atoms with Gasteiger partial charge in [0.1, 0.15) is 12.4 Å². The summed E-state index contributed by atoms with van der Waals surface area (Å²) in [5.41, 5.74) is 7.95. The van der Waals surface area contributed by atoms with Crippen molar-refractivity contribution < 1.29 is 8.96 Å². The first-order chi connectivity index (χ1) is 15.3. The zero-order valence-electron chi connectivity index (χ0n) is 20.7. The third-order valence-electron chi connectivity index (χ3n) is 8.74. The molecule has 0 fully saturated rings. The van der Waals surface area contributed by atoms with Gasteiger partial charge in [0.05, 0.1) is 10.9 Å². The van der Waals surface area contributed by atoms with Crippen LogP contribution < -0.4 is 4.57 Å². The van der Waals surface area contributed by atoms with Crippen LogP contribution in [0.3, 0.4) is 0 Å². The number of benzene rings is 2. The smallest absolute Gasteiger partial charge is 0.206 e. The summed E-state index contributed by atoms with van der Waals surface area (Å²) >= 11 is 0. The van der Waals surface area contributed by atoms with Gasteiger partial charge in [-0.2, -0.15) is 4.57 Å². The van der Waals surface area contributed by atoms with Gasteiger partial charge in [0, 0.05) is 28.9 Å². The maximum absolute atomic E-state index is 16.1. The first kappa shape index (κ1) is 21.6. The molecule has 0 bridgehead atoms. The second-order valence-corrected chi connectivity index (χ2v) is 10.7. The molecule has 0 amide bonds. The average molecular weight is 431 g/mol. The van der Waals surface area contributed by atoms with Crippen LogP contribution in [-0.2, 0) is 23.8 Å². The molecule has 2 aliphatic rings. The molecule has 0 radical (unpaired) electrons. The zero-order valence-corrected chi connectivity index (χ0v) is 20.7. The number of hydrogen-bond acceptors (Lipinski definition) is 0. The molecule has 0 saturated carbocycles. The number of halogens is 1. The van der Waals surface area contributed by atoms with Crippen molar-refractivity contribution in [3.63, 3.8) is 0 Å². The predicted molar refractivity (Wildman–Crippen MR) is 132 cm³/mol. The van der Waals surface area contributed by atoms with Crippen LogP contribution in [0.25, 0.3) is 22.0 Å². The van der Waals surface area contributed by atoms with E-state index in [9.17, 15) is 0 Å².